The average Bonchev–Trinajstić information content (AvgIpc) is 2.78. The lowest BCUT2D eigenvalue weighted by atomic mass is 10.1. The van der Waals surface area contributed by atoms with Gasteiger partial charge in [-0.25, -0.2) is 9.97 Å². The Hall–Kier alpha value is -1.73. The molecule has 1 amide bonds. The van der Waals surface area contributed by atoms with Crippen LogP contribution in [0.15, 0.2) is 6.33 Å². The van der Waals surface area contributed by atoms with Crippen LogP contribution in [-0.4, -0.2) is 73.9 Å². The lowest BCUT2D eigenvalue weighted by molar-refractivity contribution is -0.135. The number of methoxy groups -OCH3 is 1. The Morgan fingerprint density at radius 1 is 1.23 bits per heavy atom. The third-order valence-electron chi connectivity index (χ3n) is 4.19. The maximum absolute atomic E-state index is 12.0. The molecular formula is C15H22N4O3. The van der Waals surface area contributed by atoms with Gasteiger partial charge in [0.05, 0.1) is 18.9 Å². The summed E-state index contributed by atoms with van der Waals surface area (Å²) in [6.07, 6.45) is 3.19. The predicted molar refractivity (Wildman–Crippen MR) is 80.9 cm³/mol. The second-order valence-corrected chi connectivity index (χ2v) is 5.54. The van der Waals surface area contributed by atoms with E-state index in [-0.39, 0.29) is 12.5 Å². The van der Waals surface area contributed by atoms with Crippen molar-refractivity contribution in [2.75, 3.05) is 58.0 Å². The number of carbonyl (C=O) groups is 1. The van der Waals surface area contributed by atoms with Crippen molar-refractivity contribution in [3.63, 3.8) is 0 Å². The lowest BCUT2D eigenvalue weighted by Gasteiger charge is -2.29. The van der Waals surface area contributed by atoms with Gasteiger partial charge < -0.3 is 19.3 Å². The number of nitrogens with zero attached hydrogens (tertiary/aromatic N) is 4. The summed E-state index contributed by atoms with van der Waals surface area (Å²) in [5.41, 5.74) is 2.24. The van der Waals surface area contributed by atoms with Crippen molar-refractivity contribution >= 4 is 11.7 Å². The molecule has 3 rings (SSSR count). The number of morpholine rings is 1. The van der Waals surface area contributed by atoms with Crippen molar-refractivity contribution in [2.24, 2.45) is 0 Å². The second-order valence-electron chi connectivity index (χ2n) is 5.54. The second kappa shape index (κ2) is 7.02. The zero-order valence-corrected chi connectivity index (χ0v) is 13.0. The quantitative estimate of drug-likeness (QED) is 0.776. The maximum atomic E-state index is 12.0. The normalized spacial score (nSPS) is 18.8. The van der Waals surface area contributed by atoms with Gasteiger partial charge in [-0.15, -0.1) is 0 Å². The van der Waals surface area contributed by atoms with E-state index in [2.05, 4.69) is 14.9 Å². The third kappa shape index (κ3) is 3.20. The highest BCUT2D eigenvalue weighted by Crippen LogP contribution is 2.24. The van der Waals surface area contributed by atoms with Crippen LogP contribution in [0.1, 0.15) is 11.3 Å². The number of carbonyl (C=O) groups excluding carboxylic acids is 1. The fourth-order valence-corrected chi connectivity index (χ4v) is 3.02. The number of ether oxygens (including phenoxy) is 2. The summed E-state index contributed by atoms with van der Waals surface area (Å²) in [7, 11) is 1.55. The standard InChI is InChI=1S/C15H22N4O3/c1-21-10-14(20)18-4-2-12-13(3-5-18)16-11-17-15(12)19-6-8-22-9-7-19/h11H,2-10H2,1H3. The first-order valence-electron chi connectivity index (χ1n) is 7.71. The molecule has 2 aliphatic rings. The van der Waals surface area contributed by atoms with Gasteiger partial charge >= 0.3 is 0 Å². The molecule has 0 unspecified atom stereocenters. The van der Waals surface area contributed by atoms with E-state index in [1.807, 2.05) is 4.90 Å². The van der Waals surface area contributed by atoms with E-state index in [0.29, 0.717) is 13.1 Å². The first kappa shape index (κ1) is 15.2. The van der Waals surface area contributed by atoms with E-state index in [4.69, 9.17) is 9.47 Å². The highest BCUT2D eigenvalue weighted by molar-refractivity contribution is 5.77. The molecule has 1 aromatic rings. The number of amides is 1. The molecule has 0 aliphatic carbocycles. The molecule has 0 bridgehead atoms. The van der Waals surface area contributed by atoms with Crippen LogP contribution in [0, 0.1) is 0 Å². The minimum atomic E-state index is 0.0381. The van der Waals surface area contributed by atoms with Crippen LogP contribution < -0.4 is 4.90 Å². The molecule has 0 spiro atoms. The molecule has 0 saturated carbocycles. The molecular weight excluding hydrogens is 284 g/mol. The molecule has 1 aromatic heterocycles. The van der Waals surface area contributed by atoms with Gasteiger partial charge in [0.2, 0.25) is 5.91 Å². The van der Waals surface area contributed by atoms with Crippen molar-refractivity contribution in [3.8, 4) is 0 Å². The van der Waals surface area contributed by atoms with Crippen LogP contribution in [0.4, 0.5) is 5.82 Å². The van der Waals surface area contributed by atoms with Gasteiger partial charge in [0.15, 0.2) is 0 Å². The summed E-state index contributed by atoms with van der Waals surface area (Å²) in [6.45, 7) is 4.70. The fourth-order valence-electron chi connectivity index (χ4n) is 3.02. The van der Waals surface area contributed by atoms with E-state index < -0.39 is 0 Å². The van der Waals surface area contributed by atoms with Crippen molar-refractivity contribution in [3.05, 3.63) is 17.6 Å². The lowest BCUT2D eigenvalue weighted by Crippen LogP contribution is -2.38. The molecule has 22 heavy (non-hydrogen) atoms. The van der Waals surface area contributed by atoms with Crippen LogP contribution in [0.2, 0.25) is 0 Å². The number of hydrogen-bond acceptors (Lipinski definition) is 6. The molecule has 7 nitrogen and oxygen atoms in total. The van der Waals surface area contributed by atoms with E-state index in [9.17, 15) is 4.79 Å². The number of aromatic nitrogens is 2. The first-order chi connectivity index (χ1) is 10.8. The zero-order chi connectivity index (χ0) is 15.4. The largest absolute Gasteiger partial charge is 0.378 e. The molecule has 0 N–H and O–H groups in total. The Morgan fingerprint density at radius 2 is 2.00 bits per heavy atom. The Bertz CT molecular complexity index is 532. The summed E-state index contributed by atoms with van der Waals surface area (Å²) in [6, 6.07) is 0. The molecule has 3 heterocycles. The van der Waals surface area contributed by atoms with Gasteiger partial charge in [-0.3, -0.25) is 4.79 Å². The van der Waals surface area contributed by atoms with Gasteiger partial charge in [-0.05, 0) is 6.42 Å². The fraction of sp³-hybridized carbons (Fsp3) is 0.667. The number of rotatable bonds is 3. The Kier molecular flexibility index (Phi) is 4.84. The van der Waals surface area contributed by atoms with Crippen molar-refractivity contribution in [1.29, 1.82) is 0 Å². The van der Waals surface area contributed by atoms with Gasteiger partial charge in [-0.2, -0.15) is 0 Å². The molecule has 2 aliphatic heterocycles. The van der Waals surface area contributed by atoms with E-state index >= 15 is 0 Å². The number of fused-ring (bicyclic) bond motifs is 1. The van der Waals surface area contributed by atoms with Crippen molar-refractivity contribution in [2.45, 2.75) is 12.8 Å². The molecule has 0 aromatic carbocycles. The van der Waals surface area contributed by atoms with E-state index in [1.165, 1.54) is 5.56 Å². The maximum Gasteiger partial charge on any atom is 0.248 e. The molecule has 0 atom stereocenters. The first-order valence-corrected chi connectivity index (χ1v) is 7.71. The highest BCUT2D eigenvalue weighted by atomic mass is 16.5. The van der Waals surface area contributed by atoms with Crippen molar-refractivity contribution in [1.82, 2.24) is 14.9 Å². The summed E-state index contributed by atoms with van der Waals surface area (Å²) in [5, 5.41) is 0. The van der Waals surface area contributed by atoms with Gasteiger partial charge in [0.25, 0.3) is 0 Å². The van der Waals surface area contributed by atoms with Crippen LogP contribution in [0.5, 0.6) is 0 Å². The Balaban J connectivity index is 1.78. The monoisotopic (exact) mass is 306 g/mol. The van der Waals surface area contributed by atoms with Crippen LogP contribution in [-0.2, 0) is 27.1 Å². The van der Waals surface area contributed by atoms with Crippen LogP contribution >= 0.6 is 0 Å². The predicted octanol–water partition coefficient (Wildman–Crippen LogP) is -0.113. The molecule has 120 valence electrons. The summed E-state index contributed by atoms with van der Waals surface area (Å²) >= 11 is 0. The molecule has 0 radical (unpaired) electrons. The SMILES string of the molecule is COCC(=O)N1CCc2ncnc(N3CCOCC3)c2CC1. The van der Waals surface area contributed by atoms with Crippen molar-refractivity contribution < 1.29 is 14.3 Å². The zero-order valence-electron chi connectivity index (χ0n) is 13.0. The van der Waals surface area contributed by atoms with Gasteiger partial charge in [0.1, 0.15) is 18.8 Å². The summed E-state index contributed by atoms with van der Waals surface area (Å²) < 4.78 is 10.4. The Morgan fingerprint density at radius 3 is 2.77 bits per heavy atom. The van der Waals surface area contributed by atoms with Gasteiger partial charge in [0, 0.05) is 45.3 Å². The summed E-state index contributed by atoms with van der Waals surface area (Å²) in [4.78, 5) is 25.1. The smallest absolute Gasteiger partial charge is 0.248 e. The highest BCUT2D eigenvalue weighted by Gasteiger charge is 2.24. The van der Waals surface area contributed by atoms with E-state index in [0.717, 1.165) is 50.7 Å². The molecule has 1 fully saturated rings. The average molecular weight is 306 g/mol. The molecule has 1 saturated heterocycles. The number of hydrogen-bond donors (Lipinski definition) is 0. The van der Waals surface area contributed by atoms with Crippen LogP contribution in [0.25, 0.3) is 0 Å². The minimum absolute atomic E-state index is 0.0381. The minimum Gasteiger partial charge on any atom is -0.378 e. The molecule has 7 heteroatoms. The topological polar surface area (TPSA) is 67.8 Å². The summed E-state index contributed by atoms with van der Waals surface area (Å²) in [5.74, 6) is 1.05. The number of anilines is 1. The van der Waals surface area contributed by atoms with Crippen LogP contribution in [0.3, 0.4) is 0 Å². The van der Waals surface area contributed by atoms with Gasteiger partial charge in [-0.1, -0.05) is 0 Å². The third-order valence-corrected chi connectivity index (χ3v) is 4.19. The van der Waals surface area contributed by atoms with E-state index in [1.54, 1.807) is 13.4 Å². The Labute approximate surface area is 130 Å².